The fraction of sp³-hybridized carbons (Fsp3) is 0.238. The number of benzene rings is 2. The lowest BCUT2D eigenvalue weighted by Gasteiger charge is -2.05. The molecule has 0 radical (unpaired) electrons. The molecular formula is C21H21N3O5S. The van der Waals surface area contributed by atoms with Gasteiger partial charge in [-0.15, -0.1) is 10.2 Å². The fourth-order valence-electron chi connectivity index (χ4n) is 2.47. The minimum Gasteiger partial charge on any atom is -0.494 e. The Morgan fingerprint density at radius 2 is 1.73 bits per heavy atom. The predicted molar refractivity (Wildman–Crippen MR) is 113 cm³/mol. The molecule has 1 N–H and O–H groups in total. The SMILES string of the molecule is CCOC(=O)c1ccc(NC(=O)CSc2nnc(-c3ccc(OCC)cc3)o2)cc1. The standard InChI is InChI=1S/C21H21N3O5S/c1-3-27-17-11-7-14(8-12-17)19-23-24-21(29-19)30-13-18(25)22-16-9-5-15(6-10-16)20(26)28-4-2/h5-12H,3-4,13H2,1-2H3,(H,22,25). The Labute approximate surface area is 178 Å². The molecule has 0 atom stereocenters. The molecule has 0 aliphatic carbocycles. The third kappa shape index (κ3) is 5.84. The van der Waals surface area contributed by atoms with Crippen LogP contribution in [0.15, 0.2) is 58.2 Å². The monoisotopic (exact) mass is 427 g/mol. The summed E-state index contributed by atoms with van der Waals surface area (Å²) in [5.74, 6) is 0.609. The number of aromatic nitrogens is 2. The van der Waals surface area contributed by atoms with Crippen molar-refractivity contribution in [2.45, 2.75) is 19.1 Å². The zero-order valence-corrected chi connectivity index (χ0v) is 17.4. The minimum absolute atomic E-state index is 0.102. The molecule has 3 aromatic rings. The maximum absolute atomic E-state index is 12.2. The van der Waals surface area contributed by atoms with Crippen LogP contribution in [0.5, 0.6) is 5.75 Å². The molecule has 0 unspecified atom stereocenters. The quantitative estimate of drug-likeness (QED) is 0.403. The first-order valence-electron chi connectivity index (χ1n) is 9.35. The van der Waals surface area contributed by atoms with Crippen molar-refractivity contribution < 1.29 is 23.5 Å². The summed E-state index contributed by atoms with van der Waals surface area (Å²) in [6, 6.07) is 13.8. The van der Waals surface area contributed by atoms with Gasteiger partial charge in [-0.05, 0) is 62.4 Å². The van der Waals surface area contributed by atoms with Gasteiger partial charge in [0.15, 0.2) is 0 Å². The third-order valence-electron chi connectivity index (χ3n) is 3.83. The number of amides is 1. The van der Waals surface area contributed by atoms with Crippen molar-refractivity contribution in [3.8, 4) is 17.2 Å². The summed E-state index contributed by atoms with van der Waals surface area (Å²) in [7, 11) is 0. The van der Waals surface area contributed by atoms with Crippen LogP contribution in [0.1, 0.15) is 24.2 Å². The number of nitrogens with zero attached hydrogens (tertiary/aromatic N) is 2. The zero-order valence-electron chi connectivity index (χ0n) is 16.6. The van der Waals surface area contributed by atoms with Gasteiger partial charge in [-0.3, -0.25) is 4.79 Å². The van der Waals surface area contributed by atoms with E-state index in [1.807, 2.05) is 31.2 Å². The largest absolute Gasteiger partial charge is 0.494 e. The van der Waals surface area contributed by atoms with E-state index in [2.05, 4.69) is 15.5 Å². The van der Waals surface area contributed by atoms with Gasteiger partial charge in [0, 0.05) is 11.3 Å². The number of carbonyl (C=O) groups is 2. The average molecular weight is 427 g/mol. The minimum atomic E-state index is -0.398. The Morgan fingerprint density at radius 3 is 2.40 bits per heavy atom. The molecule has 9 heteroatoms. The van der Waals surface area contributed by atoms with Crippen LogP contribution >= 0.6 is 11.8 Å². The van der Waals surface area contributed by atoms with Gasteiger partial charge in [0.25, 0.3) is 5.22 Å². The molecule has 0 spiro atoms. The van der Waals surface area contributed by atoms with Crippen molar-refractivity contribution in [3.05, 3.63) is 54.1 Å². The van der Waals surface area contributed by atoms with Crippen LogP contribution in [0.3, 0.4) is 0 Å². The van der Waals surface area contributed by atoms with Crippen molar-refractivity contribution in [1.29, 1.82) is 0 Å². The lowest BCUT2D eigenvalue weighted by Crippen LogP contribution is -2.14. The van der Waals surface area contributed by atoms with Crippen LogP contribution in [0.25, 0.3) is 11.5 Å². The van der Waals surface area contributed by atoms with Crippen LogP contribution in [0, 0.1) is 0 Å². The van der Waals surface area contributed by atoms with Crippen LogP contribution in [-0.4, -0.2) is 41.0 Å². The number of thioether (sulfide) groups is 1. The molecule has 30 heavy (non-hydrogen) atoms. The third-order valence-corrected chi connectivity index (χ3v) is 4.64. The summed E-state index contributed by atoms with van der Waals surface area (Å²) < 4.78 is 15.9. The summed E-state index contributed by atoms with van der Waals surface area (Å²) in [5.41, 5.74) is 1.77. The highest BCUT2D eigenvalue weighted by atomic mass is 32.2. The van der Waals surface area contributed by atoms with Crippen LogP contribution in [0.2, 0.25) is 0 Å². The number of anilines is 1. The molecule has 0 aliphatic heterocycles. The highest BCUT2D eigenvalue weighted by Crippen LogP contribution is 2.25. The topological polar surface area (TPSA) is 104 Å². The number of nitrogens with one attached hydrogen (secondary N) is 1. The maximum atomic E-state index is 12.2. The summed E-state index contributed by atoms with van der Waals surface area (Å²) in [6.07, 6.45) is 0. The van der Waals surface area contributed by atoms with E-state index in [-0.39, 0.29) is 11.7 Å². The summed E-state index contributed by atoms with van der Waals surface area (Å²) in [4.78, 5) is 23.8. The van der Waals surface area contributed by atoms with Crippen LogP contribution < -0.4 is 10.1 Å². The Kier molecular flexibility index (Phi) is 7.45. The molecule has 3 rings (SSSR count). The van der Waals surface area contributed by atoms with E-state index in [4.69, 9.17) is 13.9 Å². The van der Waals surface area contributed by atoms with E-state index in [9.17, 15) is 9.59 Å². The van der Waals surface area contributed by atoms with Gasteiger partial charge in [-0.1, -0.05) is 11.8 Å². The molecule has 0 fully saturated rings. The molecule has 0 saturated carbocycles. The lowest BCUT2D eigenvalue weighted by atomic mass is 10.2. The van der Waals surface area contributed by atoms with Gasteiger partial charge in [0.2, 0.25) is 11.8 Å². The average Bonchev–Trinajstić information content (AvgIpc) is 3.23. The van der Waals surface area contributed by atoms with Crippen molar-refractivity contribution in [2.75, 3.05) is 24.3 Å². The molecule has 0 saturated heterocycles. The Bertz CT molecular complexity index is 987. The van der Waals surface area contributed by atoms with Crippen LogP contribution in [-0.2, 0) is 9.53 Å². The number of hydrogen-bond acceptors (Lipinski definition) is 8. The Morgan fingerprint density at radius 1 is 1.00 bits per heavy atom. The van der Waals surface area contributed by atoms with E-state index >= 15 is 0 Å². The molecule has 156 valence electrons. The number of rotatable bonds is 9. The number of ether oxygens (including phenoxy) is 2. The second-order valence-corrected chi connectivity index (χ2v) is 6.89. The summed E-state index contributed by atoms with van der Waals surface area (Å²) >= 11 is 1.14. The van der Waals surface area contributed by atoms with E-state index in [1.54, 1.807) is 31.2 Å². The smallest absolute Gasteiger partial charge is 0.338 e. The van der Waals surface area contributed by atoms with E-state index in [1.165, 1.54) is 0 Å². The molecule has 0 bridgehead atoms. The second-order valence-electron chi connectivity index (χ2n) is 5.97. The molecule has 2 aromatic carbocycles. The molecule has 8 nitrogen and oxygen atoms in total. The highest BCUT2D eigenvalue weighted by Gasteiger charge is 2.12. The zero-order chi connectivity index (χ0) is 21.3. The van der Waals surface area contributed by atoms with Crippen molar-refractivity contribution >= 4 is 29.3 Å². The molecule has 0 aliphatic rings. The number of hydrogen-bond donors (Lipinski definition) is 1. The van der Waals surface area contributed by atoms with Crippen molar-refractivity contribution in [1.82, 2.24) is 10.2 Å². The fourth-order valence-corrected chi connectivity index (χ4v) is 3.04. The van der Waals surface area contributed by atoms with Crippen molar-refractivity contribution in [2.24, 2.45) is 0 Å². The predicted octanol–water partition coefficient (Wildman–Crippen LogP) is 4.04. The van der Waals surface area contributed by atoms with Gasteiger partial charge in [0.1, 0.15) is 5.75 Å². The molecular weight excluding hydrogens is 406 g/mol. The maximum Gasteiger partial charge on any atom is 0.338 e. The van der Waals surface area contributed by atoms with Gasteiger partial charge >= 0.3 is 5.97 Å². The van der Waals surface area contributed by atoms with Gasteiger partial charge in [0.05, 0.1) is 24.5 Å². The molecule has 1 aromatic heterocycles. The van der Waals surface area contributed by atoms with Gasteiger partial charge in [-0.2, -0.15) is 0 Å². The van der Waals surface area contributed by atoms with Crippen molar-refractivity contribution in [3.63, 3.8) is 0 Å². The number of carbonyl (C=O) groups excluding carboxylic acids is 2. The second kappa shape index (κ2) is 10.4. The summed E-state index contributed by atoms with van der Waals surface area (Å²) in [5, 5.41) is 11.0. The Balaban J connectivity index is 1.51. The van der Waals surface area contributed by atoms with E-state index < -0.39 is 5.97 Å². The normalized spacial score (nSPS) is 10.5. The van der Waals surface area contributed by atoms with Gasteiger partial charge < -0.3 is 19.2 Å². The molecule has 1 amide bonds. The highest BCUT2D eigenvalue weighted by molar-refractivity contribution is 7.99. The Hall–Kier alpha value is -3.33. The number of esters is 1. The van der Waals surface area contributed by atoms with E-state index in [0.717, 1.165) is 23.1 Å². The van der Waals surface area contributed by atoms with Gasteiger partial charge in [-0.25, -0.2) is 4.79 Å². The van der Waals surface area contributed by atoms with Crippen LogP contribution in [0.4, 0.5) is 5.69 Å². The summed E-state index contributed by atoms with van der Waals surface area (Å²) in [6.45, 7) is 4.57. The van der Waals surface area contributed by atoms with E-state index in [0.29, 0.717) is 35.6 Å². The first-order valence-corrected chi connectivity index (χ1v) is 10.3. The molecule has 1 heterocycles. The first kappa shape index (κ1) is 21.4. The first-order chi connectivity index (χ1) is 14.6. The lowest BCUT2D eigenvalue weighted by molar-refractivity contribution is -0.113.